The molecule has 3 aromatic heterocycles. The van der Waals surface area contributed by atoms with Gasteiger partial charge < -0.3 is 9.47 Å². The SMILES string of the molecule is C[C@@H]1CN(c2cc(=O)n(C)c3ccc(C#N)nc23)CCN1C(c1ccc(Cl)cc1)c1ccc(F)cn1. The van der Waals surface area contributed by atoms with Crippen molar-refractivity contribution < 1.29 is 4.39 Å². The van der Waals surface area contributed by atoms with Gasteiger partial charge in [0.15, 0.2) is 0 Å². The molecule has 0 N–H and O–H groups in total. The fraction of sp³-hybridized carbons (Fsp3) is 0.259. The zero-order chi connectivity index (χ0) is 25.4. The van der Waals surface area contributed by atoms with Gasteiger partial charge in [-0.2, -0.15) is 5.26 Å². The van der Waals surface area contributed by atoms with Gasteiger partial charge in [-0.25, -0.2) is 9.37 Å². The highest BCUT2D eigenvalue weighted by molar-refractivity contribution is 6.30. The largest absolute Gasteiger partial charge is 0.367 e. The summed E-state index contributed by atoms with van der Waals surface area (Å²) in [7, 11) is 1.70. The second kappa shape index (κ2) is 9.69. The summed E-state index contributed by atoms with van der Waals surface area (Å²) >= 11 is 6.14. The summed E-state index contributed by atoms with van der Waals surface area (Å²) < 4.78 is 15.2. The highest BCUT2D eigenvalue weighted by Crippen LogP contribution is 2.33. The van der Waals surface area contributed by atoms with Crippen LogP contribution < -0.4 is 10.5 Å². The molecule has 4 heterocycles. The van der Waals surface area contributed by atoms with Crippen LogP contribution >= 0.6 is 11.6 Å². The number of aromatic nitrogens is 3. The Balaban J connectivity index is 1.51. The van der Waals surface area contributed by atoms with Gasteiger partial charge in [0.05, 0.1) is 29.1 Å². The molecule has 1 fully saturated rings. The summed E-state index contributed by atoms with van der Waals surface area (Å²) in [6.07, 6.45) is 1.24. The molecule has 1 unspecified atom stereocenters. The second-order valence-corrected chi connectivity index (χ2v) is 9.43. The summed E-state index contributed by atoms with van der Waals surface area (Å²) in [5.41, 5.74) is 3.97. The average molecular weight is 503 g/mol. The summed E-state index contributed by atoms with van der Waals surface area (Å²) in [4.78, 5) is 26.1. The van der Waals surface area contributed by atoms with Gasteiger partial charge in [-0.1, -0.05) is 23.7 Å². The summed E-state index contributed by atoms with van der Waals surface area (Å²) in [5, 5.41) is 10.0. The maximum absolute atomic E-state index is 13.7. The van der Waals surface area contributed by atoms with Crippen molar-refractivity contribution in [2.24, 2.45) is 7.05 Å². The zero-order valence-corrected chi connectivity index (χ0v) is 20.7. The van der Waals surface area contributed by atoms with Crippen molar-refractivity contribution in [1.82, 2.24) is 19.4 Å². The Bertz CT molecular complexity index is 1470. The summed E-state index contributed by atoms with van der Waals surface area (Å²) in [6.45, 7) is 4.06. The van der Waals surface area contributed by atoms with Crippen LogP contribution in [0.5, 0.6) is 0 Å². The first-order valence-electron chi connectivity index (χ1n) is 11.6. The van der Waals surface area contributed by atoms with Crippen LogP contribution in [0.3, 0.4) is 0 Å². The van der Waals surface area contributed by atoms with Gasteiger partial charge >= 0.3 is 0 Å². The van der Waals surface area contributed by atoms with E-state index in [0.29, 0.717) is 41.4 Å². The minimum absolute atomic E-state index is 0.0598. The molecule has 1 aromatic carbocycles. The zero-order valence-electron chi connectivity index (χ0n) is 19.9. The Morgan fingerprint density at radius 3 is 2.58 bits per heavy atom. The fourth-order valence-corrected chi connectivity index (χ4v) is 5.04. The number of benzene rings is 1. The molecule has 0 saturated carbocycles. The van der Waals surface area contributed by atoms with Crippen LogP contribution in [0.15, 0.2) is 65.6 Å². The van der Waals surface area contributed by atoms with Crippen LogP contribution in [0, 0.1) is 17.1 Å². The number of halogens is 2. The van der Waals surface area contributed by atoms with Gasteiger partial charge in [0, 0.05) is 43.8 Å². The quantitative estimate of drug-likeness (QED) is 0.414. The molecule has 0 aliphatic carbocycles. The molecule has 2 atom stereocenters. The Labute approximate surface area is 213 Å². The van der Waals surface area contributed by atoms with Crippen LogP contribution in [-0.4, -0.2) is 45.1 Å². The number of hydrogen-bond donors (Lipinski definition) is 0. The van der Waals surface area contributed by atoms with Crippen LogP contribution in [-0.2, 0) is 7.05 Å². The number of fused-ring (bicyclic) bond motifs is 1. The monoisotopic (exact) mass is 502 g/mol. The van der Waals surface area contributed by atoms with Crippen LogP contribution in [0.25, 0.3) is 11.0 Å². The van der Waals surface area contributed by atoms with Crippen LogP contribution in [0.4, 0.5) is 10.1 Å². The first-order valence-corrected chi connectivity index (χ1v) is 12.0. The Morgan fingerprint density at radius 1 is 1.14 bits per heavy atom. The lowest BCUT2D eigenvalue weighted by molar-refractivity contribution is 0.147. The topological polar surface area (TPSA) is 78.0 Å². The number of anilines is 1. The fourth-order valence-electron chi connectivity index (χ4n) is 4.92. The molecule has 0 amide bonds. The maximum atomic E-state index is 13.7. The Kier molecular flexibility index (Phi) is 6.44. The third kappa shape index (κ3) is 4.43. The van der Waals surface area contributed by atoms with Gasteiger partial charge in [0.1, 0.15) is 23.1 Å². The lowest BCUT2D eigenvalue weighted by Crippen LogP contribution is -2.53. The van der Waals surface area contributed by atoms with E-state index in [1.165, 1.54) is 12.3 Å². The minimum atomic E-state index is -0.381. The Morgan fingerprint density at radius 2 is 1.92 bits per heavy atom. The van der Waals surface area contributed by atoms with Gasteiger partial charge in [-0.15, -0.1) is 0 Å². The van der Waals surface area contributed by atoms with Crippen molar-refractivity contribution in [2.75, 3.05) is 24.5 Å². The molecular formula is C27H24ClFN6O. The van der Waals surface area contributed by atoms with Gasteiger partial charge in [-0.05, 0) is 48.9 Å². The predicted molar refractivity (Wildman–Crippen MR) is 138 cm³/mol. The lowest BCUT2D eigenvalue weighted by atomic mass is 9.98. The molecule has 0 radical (unpaired) electrons. The molecule has 4 aromatic rings. The molecule has 7 nitrogen and oxygen atoms in total. The third-order valence-electron chi connectivity index (χ3n) is 6.75. The third-order valence-corrected chi connectivity index (χ3v) is 7.00. The van der Waals surface area contributed by atoms with Crippen molar-refractivity contribution in [3.05, 3.63) is 98.9 Å². The molecule has 0 bridgehead atoms. The van der Waals surface area contributed by atoms with E-state index in [2.05, 4.69) is 32.8 Å². The molecule has 1 aliphatic rings. The average Bonchev–Trinajstić information content (AvgIpc) is 2.89. The van der Waals surface area contributed by atoms with Crippen LogP contribution in [0.1, 0.15) is 29.9 Å². The number of pyridine rings is 3. The molecule has 9 heteroatoms. The van der Waals surface area contributed by atoms with E-state index >= 15 is 0 Å². The van der Waals surface area contributed by atoms with E-state index in [4.69, 9.17) is 11.6 Å². The normalized spacial score (nSPS) is 17.2. The van der Waals surface area contributed by atoms with Gasteiger partial charge in [0.25, 0.3) is 5.56 Å². The highest BCUT2D eigenvalue weighted by Gasteiger charge is 2.33. The van der Waals surface area contributed by atoms with E-state index in [1.807, 2.05) is 24.3 Å². The molecular weight excluding hydrogens is 479 g/mol. The van der Waals surface area contributed by atoms with E-state index in [0.717, 1.165) is 16.9 Å². The van der Waals surface area contributed by atoms with Gasteiger partial charge in [-0.3, -0.25) is 14.7 Å². The van der Waals surface area contributed by atoms with Crippen molar-refractivity contribution in [1.29, 1.82) is 5.26 Å². The standard InChI is InChI=1S/C27H24ClFN6O/c1-17-16-34(24-13-25(36)33(2)23-10-8-21(14-30)32-26(23)24)11-12-35(17)27(18-3-5-19(28)6-4-18)22-9-7-20(29)15-31-22/h3-10,13,15,17,27H,11-12,16H2,1-2H3/t17-,27?/m1/s1. The summed E-state index contributed by atoms with van der Waals surface area (Å²) in [5.74, 6) is -0.381. The smallest absolute Gasteiger partial charge is 0.252 e. The van der Waals surface area contributed by atoms with E-state index in [9.17, 15) is 14.4 Å². The number of nitrogens with zero attached hydrogens (tertiary/aromatic N) is 6. The maximum Gasteiger partial charge on any atom is 0.252 e. The van der Waals surface area contributed by atoms with Gasteiger partial charge in [0.2, 0.25) is 0 Å². The number of nitriles is 1. The first-order chi connectivity index (χ1) is 17.4. The van der Waals surface area contributed by atoms with Crippen molar-refractivity contribution in [3.8, 4) is 6.07 Å². The van der Waals surface area contributed by atoms with Crippen molar-refractivity contribution >= 4 is 28.3 Å². The van der Waals surface area contributed by atoms with Crippen molar-refractivity contribution in [3.63, 3.8) is 0 Å². The van der Waals surface area contributed by atoms with E-state index in [-0.39, 0.29) is 23.5 Å². The van der Waals surface area contributed by atoms with E-state index in [1.54, 1.807) is 35.9 Å². The molecule has 1 saturated heterocycles. The second-order valence-electron chi connectivity index (χ2n) is 8.99. The van der Waals surface area contributed by atoms with E-state index < -0.39 is 0 Å². The van der Waals surface area contributed by atoms with Crippen molar-refractivity contribution in [2.45, 2.75) is 19.0 Å². The number of aryl methyl sites for hydroxylation is 1. The molecule has 182 valence electrons. The number of hydrogen-bond acceptors (Lipinski definition) is 6. The highest BCUT2D eigenvalue weighted by atomic mass is 35.5. The predicted octanol–water partition coefficient (Wildman–Crippen LogP) is 4.29. The minimum Gasteiger partial charge on any atom is -0.367 e. The lowest BCUT2D eigenvalue weighted by Gasteiger charge is -2.44. The summed E-state index contributed by atoms with van der Waals surface area (Å²) in [6, 6.07) is 17.7. The number of rotatable bonds is 4. The Hall–Kier alpha value is -3.80. The molecule has 5 rings (SSSR count). The first kappa shape index (κ1) is 23.9. The number of piperazine rings is 1. The van der Waals surface area contributed by atoms with Crippen LogP contribution in [0.2, 0.25) is 5.02 Å². The molecule has 36 heavy (non-hydrogen) atoms. The molecule has 1 aliphatic heterocycles. The molecule has 0 spiro atoms.